The van der Waals surface area contributed by atoms with Gasteiger partial charge in [-0.1, -0.05) is 0 Å². The summed E-state index contributed by atoms with van der Waals surface area (Å²) in [4.78, 5) is 44.9. The van der Waals surface area contributed by atoms with Gasteiger partial charge in [0.25, 0.3) is 10.5 Å². The van der Waals surface area contributed by atoms with Gasteiger partial charge in [-0.25, -0.2) is 9.59 Å². The van der Waals surface area contributed by atoms with Crippen LogP contribution in [0.3, 0.4) is 0 Å². The second-order valence-corrected chi connectivity index (χ2v) is 3.82. The van der Waals surface area contributed by atoms with Crippen molar-refractivity contribution < 1.29 is 23.9 Å². The van der Waals surface area contributed by atoms with Crippen LogP contribution >= 0.6 is 23.2 Å². The molecule has 1 aromatic carbocycles. The van der Waals surface area contributed by atoms with Crippen LogP contribution in [0.4, 0.5) is 0 Å². The van der Waals surface area contributed by atoms with Gasteiger partial charge < -0.3 is 4.74 Å². The van der Waals surface area contributed by atoms with Crippen molar-refractivity contribution in [3.8, 4) is 0 Å². The Labute approximate surface area is 104 Å². The van der Waals surface area contributed by atoms with Crippen molar-refractivity contribution in [3.63, 3.8) is 0 Å². The van der Waals surface area contributed by atoms with Crippen LogP contribution < -0.4 is 0 Å². The Balaban J connectivity index is 2.84. The van der Waals surface area contributed by atoms with Crippen molar-refractivity contribution in [2.24, 2.45) is 0 Å². The van der Waals surface area contributed by atoms with Crippen molar-refractivity contribution in [1.29, 1.82) is 0 Å². The number of carbonyl (C=O) groups excluding carboxylic acids is 4. The molecule has 1 aliphatic heterocycles. The molecular formula is C10H2Cl2O5. The molecule has 1 aromatic rings. The number of rotatable bonds is 2. The number of fused-ring (bicyclic) bond motifs is 1. The summed E-state index contributed by atoms with van der Waals surface area (Å²) >= 11 is 10.5. The lowest BCUT2D eigenvalue weighted by atomic mass is 9.98. The maximum Gasteiger partial charge on any atom is 0.347 e. The number of benzene rings is 1. The maximum absolute atomic E-state index is 11.4. The molecule has 1 heterocycles. The fourth-order valence-corrected chi connectivity index (χ4v) is 1.90. The van der Waals surface area contributed by atoms with E-state index in [-0.39, 0.29) is 16.7 Å². The number of hydrogen-bond acceptors (Lipinski definition) is 5. The average molecular weight is 273 g/mol. The molecule has 0 saturated heterocycles. The minimum absolute atomic E-state index is 0.110. The van der Waals surface area contributed by atoms with E-state index in [1.54, 1.807) is 0 Å². The van der Waals surface area contributed by atoms with Gasteiger partial charge in [-0.15, -0.1) is 0 Å². The van der Waals surface area contributed by atoms with Crippen molar-refractivity contribution in [3.05, 3.63) is 34.4 Å². The first-order valence-electron chi connectivity index (χ1n) is 4.26. The fraction of sp³-hybridized carbons (Fsp3) is 0. The molecule has 0 saturated carbocycles. The first-order valence-corrected chi connectivity index (χ1v) is 5.02. The molecule has 1 aliphatic rings. The molecule has 0 bridgehead atoms. The first-order chi connectivity index (χ1) is 7.93. The predicted octanol–water partition coefficient (Wildman–Crippen LogP) is 1.76. The van der Waals surface area contributed by atoms with E-state index in [0.717, 1.165) is 6.07 Å². The minimum atomic E-state index is -1.06. The monoisotopic (exact) mass is 272 g/mol. The molecular weight excluding hydrogens is 271 g/mol. The van der Waals surface area contributed by atoms with Crippen LogP contribution in [0, 0.1) is 0 Å². The third-order valence-electron chi connectivity index (χ3n) is 2.22. The molecule has 86 valence electrons. The summed E-state index contributed by atoms with van der Waals surface area (Å²) in [5.74, 6) is -1.91. The summed E-state index contributed by atoms with van der Waals surface area (Å²) in [6.07, 6.45) is 0. The summed E-state index contributed by atoms with van der Waals surface area (Å²) in [6.45, 7) is 0. The Kier molecular flexibility index (Phi) is 2.73. The SMILES string of the molecule is O=C(Cl)c1ccc2c(c1C(=O)Cl)C(=O)OC2=O. The van der Waals surface area contributed by atoms with Gasteiger partial charge in [-0.2, -0.15) is 0 Å². The van der Waals surface area contributed by atoms with Gasteiger partial charge in [0.05, 0.1) is 16.7 Å². The summed E-state index contributed by atoms with van der Waals surface area (Å²) < 4.78 is 4.31. The number of esters is 2. The van der Waals surface area contributed by atoms with Gasteiger partial charge in [0.2, 0.25) is 0 Å². The second-order valence-electron chi connectivity index (χ2n) is 3.14. The van der Waals surface area contributed by atoms with Crippen molar-refractivity contribution >= 4 is 45.6 Å². The Morgan fingerprint density at radius 2 is 1.65 bits per heavy atom. The van der Waals surface area contributed by atoms with Gasteiger partial charge in [0.1, 0.15) is 0 Å². The van der Waals surface area contributed by atoms with E-state index < -0.39 is 28.0 Å². The van der Waals surface area contributed by atoms with E-state index in [1.165, 1.54) is 6.07 Å². The van der Waals surface area contributed by atoms with Crippen LogP contribution in [0.5, 0.6) is 0 Å². The number of halogens is 2. The van der Waals surface area contributed by atoms with Crippen LogP contribution in [0.2, 0.25) is 0 Å². The van der Waals surface area contributed by atoms with E-state index in [9.17, 15) is 19.2 Å². The van der Waals surface area contributed by atoms with Gasteiger partial charge in [-0.3, -0.25) is 9.59 Å². The lowest BCUT2D eigenvalue weighted by Crippen LogP contribution is -2.09. The largest absolute Gasteiger partial charge is 0.386 e. The number of hydrogen-bond donors (Lipinski definition) is 0. The third kappa shape index (κ3) is 1.73. The Bertz CT molecular complexity index is 591. The molecule has 0 amide bonds. The highest BCUT2D eigenvalue weighted by Crippen LogP contribution is 2.28. The van der Waals surface area contributed by atoms with E-state index in [4.69, 9.17) is 23.2 Å². The fourth-order valence-electron chi connectivity index (χ4n) is 1.54. The van der Waals surface area contributed by atoms with E-state index in [1.807, 2.05) is 0 Å². The molecule has 7 heteroatoms. The Morgan fingerprint density at radius 1 is 1.00 bits per heavy atom. The second kappa shape index (κ2) is 3.94. The van der Waals surface area contributed by atoms with Gasteiger partial charge in [0, 0.05) is 5.56 Å². The molecule has 0 radical (unpaired) electrons. The van der Waals surface area contributed by atoms with Gasteiger partial charge >= 0.3 is 11.9 Å². The van der Waals surface area contributed by atoms with Crippen LogP contribution in [0.25, 0.3) is 0 Å². The molecule has 0 fully saturated rings. The summed E-state index contributed by atoms with van der Waals surface area (Å²) in [5.41, 5.74) is -1.07. The van der Waals surface area contributed by atoms with Crippen LogP contribution in [0.15, 0.2) is 12.1 Å². The predicted molar refractivity (Wildman–Crippen MR) is 56.6 cm³/mol. The highest BCUT2D eigenvalue weighted by molar-refractivity contribution is 6.72. The topological polar surface area (TPSA) is 77.5 Å². The molecule has 0 aliphatic carbocycles. The quantitative estimate of drug-likeness (QED) is 0.466. The maximum atomic E-state index is 11.4. The summed E-state index contributed by atoms with van der Waals surface area (Å²) in [6, 6.07) is 2.32. The Hall–Kier alpha value is -1.72. The molecule has 0 unspecified atom stereocenters. The van der Waals surface area contributed by atoms with Crippen LogP contribution in [-0.4, -0.2) is 22.4 Å². The van der Waals surface area contributed by atoms with E-state index in [0.29, 0.717) is 0 Å². The molecule has 0 atom stereocenters. The molecule has 17 heavy (non-hydrogen) atoms. The molecule has 0 spiro atoms. The van der Waals surface area contributed by atoms with E-state index >= 15 is 0 Å². The van der Waals surface area contributed by atoms with Gasteiger partial charge in [0.15, 0.2) is 0 Å². The van der Waals surface area contributed by atoms with Crippen LogP contribution in [-0.2, 0) is 4.74 Å². The lowest BCUT2D eigenvalue weighted by Gasteiger charge is -2.03. The number of ether oxygens (including phenoxy) is 1. The summed E-state index contributed by atoms with van der Waals surface area (Å²) in [5, 5.41) is -2.01. The van der Waals surface area contributed by atoms with Crippen molar-refractivity contribution in [1.82, 2.24) is 0 Å². The third-order valence-corrected chi connectivity index (χ3v) is 2.62. The zero-order valence-electron chi connectivity index (χ0n) is 7.95. The number of cyclic esters (lactones) is 2. The summed E-state index contributed by atoms with van der Waals surface area (Å²) in [7, 11) is 0. The van der Waals surface area contributed by atoms with Crippen molar-refractivity contribution in [2.45, 2.75) is 0 Å². The first kappa shape index (κ1) is 11.8. The lowest BCUT2D eigenvalue weighted by molar-refractivity contribution is 0.0442. The zero-order valence-corrected chi connectivity index (χ0v) is 9.46. The molecule has 5 nitrogen and oxygen atoms in total. The highest BCUT2D eigenvalue weighted by Gasteiger charge is 2.36. The standard InChI is InChI=1S/C10H2Cl2O5/c11-7(13)3-1-2-4-6(5(3)8(12)14)10(16)17-9(4)15/h1-2H. The zero-order chi connectivity index (χ0) is 12.7. The minimum Gasteiger partial charge on any atom is -0.386 e. The highest BCUT2D eigenvalue weighted by atomic mass is 35.5. The normalized spacial score (nSPS) is 13.3. The smallest absolute Gasteiger partial charge is 0.347 e. The number of carbonyl (C=O) groups is 4. The average Bonchev–Trinajstić information content (AvgIpc) is 2.53. The molecule has 0 aromatic heterocycles. The van der Waals surface area contributed by atoms with Gasteiger partial charge in [-0.05, 0) is 35.3 Å². The molecule has 2 rings (SSSR count). The molecule has 0 N–H and O–H groups in total. The van der Waals surface area contributed by atoms with Crippen LogP contribution in [0.1, 0.15) is 41.4 Å². The van der Waals surface area contributed by atoms with E-state index in [2.05, 4.69) is 4.74 Å². The van der Waals surface area contributed by atoms with Crippen molar-refractivity contribution in [2.75, 3.05) is 0 Å². The Morgan fingerprint density at radius 3 is 2.18 bits per heavy atom.